The zero-order valence-electron chi connectivity index (χ0n) is 11.8. The zero-order valence-corrected chi connectivity index (χ0v) is 13.9. The van der Waals surface area contributed by atoms with Crippen molar-refractivity contribution in [2.45, 2.75) is 76.1 Å². The van der Waals surface area contributed by atoms with E-state index in [-0.39, 0.29) is 0 Å². The van der Waals surface area contributed by atoms with Crippen molar-refractivity contribution in [1.82, 2.24) is 0 Å². The molecule has 1 fully saturated rings. The van der Waals surface area contributed by atoms with Crippen LogP contribution in [0.4, 0.5) is 0 Å². The van der Waals surface area contributed by atoms with Gasteiger partial charge in [-0.25, -0.2) is 0 Å². The number of hydrogen-bond donors (Lipinski definition) is 1. The van der Waals surface area contributed by atoms with Crippen molar-refractivity contribution in [3.05, 3.63) is 0 Å². The molecule has 0 amide bonds. The number of rotatable bonds is 8. The zero-order chi connectivity index (χ0) is 12.7. The molecule has 3 unspecified atom stereocenters. The molecule has 1 rings (SSSR count). The molecule has 3 atom stereocenters. The van der Waals surface area contributed by atoms with Crippen molar-refractivity contribution in [1.29, 1.82) is 0 Å². The van der Waals surface area contributed by atoms with Crippen molar-refractivity contribution in [2.75, 3.05) is 0 Å². The first-order valence-electron chi connectivity index (χ1n) is 7.40. The topological polar surface area (TPSA) is 20.2 Å². The molecule has 2 heteroatoms. The van der Waals surface area contributed by atoms with Gasteiger partial charge in [-0.15, -0.1) is 0 Å². The molecule has 1 aliphatic rings. The molecule has 0 spiro atoms. The number of hydrogen-bond acceptors (Lipinski definition) is 1. The van der Waals surface area contributed by atoms with E-state index in [4.69, 9.17) is 0 Å². The molecule has 0 heterocycles. The standard InChI is InChI=1S/C15H30IO/c1-12(2)8-6-4-5-7-9-14-10-13(3)11-15(14)16-17/h12-15,17H,4-11H2,1-3H3/q-1. The predicted molar refractivity (Wildman–Crippen MR) is 70.4 cm³/mol. The first-order chi connectivity index (χ1) is 8.13. The van der Waals surface area contributed by atoms with E-state index in [1.54, 1.807) is 0 Å². The van der Waals surface area contributed by atoms with E-state index in [1.807, 2.05) is 0 Å². The molecule has 1 aliphatic carbocycles. The first-order valence-corrected chi connectivity index (χ1v) is 9.61. The van der Waals surface area contributed by atoms with E-state index in [1.165, 1.54) is 51.4 Å². The third-order valence-electron chi connectivity index (χ3n) is 4.08. The van der Waals surface area contributed by atoms with Gasteiger partial charge in [0.1, 0.15) is 0 Å². The van der Waals surface area contributed by atoms with Crippen molar-refractivity contribution < 1.29 is 25.1 Å². The van der Waals surface area contributed by atoms with E-state index < -0.39 is 21.6 Å². The Morgan fingerprint density at radius 2 is 1.82 bits per heavy atom. The summed E-state index contributed by atoms with van der Waals surface area (Å²) in [5.41, 5.74) is 0. The molecule has 17 heavy (non-hydrogen) atoms. The van der Waals surface area contributed by atoms with Crippen molar-refractivity contribution in [2.24, 2.45) is 17.8 Å². The van der Waals surface area contributed by atoms with E-state index >= 15 is 0 Å². The SMILES string of the molecule is CC(C)CCCCCCC1CC(C)CC1[I-]O. The van der Waals surface area contributed by atoms with Crippen molar-refractivity contribution in [3.8, 4) is 0 Å². The van der Waals surface area contributed by atoms with Crippen LogP contribution in [0.2, 0.25) is 0 Å². The monoisotopic (exact) mass is 353 g/mol. The fourth-order valence-corrected chi connectivity index (χ4v) is 5.27. The van der Waals surface area contributed by atoms with Crippen LogP contribution in [0.25, 0.3) is 0 Å². The Hall–Kier alpha value is 0.690. The van der Waals surface area contributed by atoms with Crippen LogP contribution in [-0.4, -0.2) is 7.36 Å². The van der Waals surface area contributed by atoms with Gasteiger partial charge in [-0.2, -0.15) is 0 Å². The van der Waals surface area contributed by atoms with Crippen LogP contribution in [0.1, 0.15) is 72.1 Å². The van der Waals surface area contributed by atoms with E-state index in [0.717, 1.165) is 21.7 Å². The van der Waals surface area contributed by atoms with E-state index in [2.05, 4.69) is 20.8 Å². The molecule has 104 valence electrons. The molecule has 0 radical (unpaired) electrons. The van der Waals surface area contributed by atoms with Crippen LogP contribution in [-0.2, 0) is 0 Å². The summed E-state index contributed by atoms with van der Waals surface area (Å²) in [7, 11) is 0. The second-order valence-corrected chi connectivity index (χ2v) is 8.49. The second kappa shape index (κ2) is 8.73. The van der Waals surface area contributed by atoms with Gasteiger partial charge in [0.05, 0.1) is 0 Å². The van der Waals surface area contributed by atoms with Crippen molar-refractivity contribution >= 4 is 0 Å². The Bertz CT molecular complexity index is 193. The summed E-state index contributed by atoms with van der Waals surface area (Å²) in [6, 6.07) is 0. The van der Waals surface area contributed by atoms with Gasteiger partial charge in [0.2, 0.25) is 0 Å². The Balaban J connectivity index is 2.02. The normalized spacial score (nSPS) is 29.4. The summed E-state index contributed by atoms with van der Waals surface area (Å²) in [5.74, 6) is 2.61. The third-order valence-corrected chi connectivity index (χ3v) is 6.32. The summed E-state index contributed by atoms with van der Waals surface area (Å²) < 4.78 is 10.2. The number of halogens is 1. The van der Waals surface area contributed by atoms with Gasteiger partial charge >= 0.3 is 119 Å². The van der Waals surface area contributed by atoms with Gasteiger partial charge in [0, 0.05) is 0 Å². The van der Waals surface area contributed by atoms with Gasteiger partial charge in [0.15, 0.2) is 0 Å². The average Bonchev–Trinajstić information content (AvgIpc) is 2.63. The molecule has 1 nitrogen and oxygen atoms in total. The average molecular weight is 353 g/mol. The molecule has 0 aromatic heterocycles. The van der Waals surface area contributed by atoms with Gasteiger partial charge in [0.25, 0.3) is 0 Å². The minimum absolute atomic E-state index is 0.502. The number of unbranched alkanes of at least 4 members (excludes halogenated alkanes) is 3. The minimum atomic E-state index is -0.502. The second-order valence-electron chi connectivity index (χ2n) is 6.34. The first kappa shape index (κ1) is 15.7. The molecule has 0 saturated heterocycles. The third kappa shape index (κ3) is 6.42. The Morgan fingerprint density at radius 3 is 2.47 bits per heavy atom. The predicted octanol–water partition coefficient (Wildman–Crippen LogP) is 1.39. The van der Waals surface area contributed by atoms with Crippen LogP contribution in [0.5, 0.6) is 0 Å². The van der Waals surface area contributed by atoms with Crippen LogP contribution in [0.15, 0.2) is 0 Å². The summed E-state index contributed by atoms with van der Waals surface area (Å²) in [5, 5.41) is 0. The molecule has 0 aromatic carbocycles. The molecular formula is C15H30IO-. The maximum absolute atomic E-state index is 9.47. The van der Waals surface area contributed by atoms with Gasteiger partial charge < -0.3 is 0 Å². The quantitative estimate of drug-likeness (QED) is 0.397. The molecule has 0 bridgehead atoms. The van der Waals surface area contributed by atoms with Crippen LogP contribution < -0.4 is 21.6 Å². The van der Waals surface area contributed by atoms with Gasteiger partial charge in [-0.3, -0.25) is 0 Å². The van der Waals surface area contributed by atoms with Crippen LogP contribution >= 0.6 is 0 Å². The van der Waals surface area contributed by atoms with Crippen LogP contribution in [0.3, 0.4) is 0 Å². The summed E-state index contributed by atoms with van der Waals surface area (Å²) in [6.45, 7) is 6.99. The summed E-state index contributed by atoms with van der Waals surface area (Å²) in [4.78, 5) is 0. The Kier molecular flexibility index (Phi) is 8.09. The van der Waals surface area contributed by atoms with Crippen LogP contribution in [0, 0.1) is 17.8 Å². The van der Waals surface area contributed by atoms with Gasteiger partial charge in [-0.05, 0) is 0 Å². The number of alkyl halides is 1. The molecular weight excluding hydrogens is 323 g/mol. The molecule has 0 aliphatic heterocycles. The fourth-order valence-electron chi connectivity index (χ4n) is 3.07. The Labute approximate surface area is 119 Å². The van der Waals surface area contributed by atoms with E-state index in [0.29, 0.717) is 0 Å². The summed E-state index contributed by atoms with van der Waals surface area (Å²) >= 11 is -0.502. The van der Waals surface area contributed by atoms with E-state index in [9.17, 15) is 3.44 Å². The fraction of sp³-hybridized carbons (Fsp3) is 1.00. The molecule has 1 N–H and O–H groups in total. The molecule has 1 saturated carbocycles. The summed E-state index contributed by atoms with van der Waals surface area (Å²) in [6.07, 6.45) is 11.1. The van der Waals surface area contributed by atoms with Crippen molar-refractivity contribution in [3.63, 3.8) is 0 Å². The van der Waals surface area contributed by atoms with Gasteiger partial charge in [-0.1, -0.05) is 0 Å². The molecule has 0 aromatic rings. The maximum atomic E-state index is 9.47. The Morgan fingerprint density at radius 1 is 1.12 bits per heavy atom.